The zero-order valence-electron chi connectivity index (χ0n) is 16.5. The number of likely N-dealkylation sites (tertiary alicyclic amines) is 1. The first-order valence-electron chi connectivity index (χ1n) is 10.0. The summed E-state index contributed by atoms with van der Waals surface area (Å²) in [4.78, 5) is 29.8. The van der Waals surface area contributed by atoms with Crippen LogP contribution in [0, 0.1) is 17.7 Å². The van der Waals surface area contributed by atoms with Crippen LogP contribution in [0.2, 0.25) is 0 Å². The van der Waals surface area contributed by atoms with Gasteiger partial charge < -0.3 is 4.90 Å². The smallest absolute Gasteiger partial charge is 0.277 e. The highest BCUT2D eigenvalue weighted by molar-refractivity contribution is 6.35. The molecule has 4 nitrogen and oxygen atoms in total. The van der Waals surface area contributed by atoms with Crippen LogP contribution in [-0.2, 0) is 9.59 Å². The lowest BCUT2D eigenvalue weighted by Gasteiger charge is -2.37. The SMILES string of the molecule is CCCCCN1C(=O)C(c2ccc(F)cc2)=C(N2CC(C)CC(C)C2)C1=O. The third kappa shape index (κ3) is 4.07. The molecule has 1 aromatic rings. The normalized spacial score (nSPS) is 23.6. The number of rotatable bonds is 6. The Morgan fingerprint density at radius 3 is 2.22 bits per heavy atom. The Labute approximate surface area is 161 Å². The van der Waals surface area contributed by atoms with Crippen LogP contribution in [0.1, 0.15) is 52.0 Å². The van der Waals surface area contributed by atoms with Gasteiger partial charge in [0, 0.05) is 19.6 Å². The molecule has 0 N–H and O–H groups in total. The van der Waals surface area contributed by atoms with E-state index < -0.39 is 0 Å². The fourth-order valence-corrected chi connectivity index (χ4v) is 4.30. The summed E-state index contributed by atoms with van der Waals surface area (Å²) in [6, 6.07) is 5.89. The molecule has 5 heteroatoms. The minimum atomic E-state index is -0.349. The Hall–Kier alpha value is -2.17. The summed E-state index contributed by atoms with van der Waals surface area (Å²) in [5.74, 6) is 0.138. The molecule has 1 fully saturated rings. The number of unbranched alkanes of at least 4 members (excludes halogenated alkanes) is 2. The van der Waals surface area contributed by atoms with Crippen molar-refractivity contribution in [3.05, 3.63) is 41.3 Å². The highest BCUT2D eigenvalue weighted by Crippen LogP contribution is 2.35. The van der Waals surface area contributed by atoms with Gasteiger partial charge in [-0.15, -0.1) is 0 Å². The molecular formula is C22H29FN2O2. The van der Waals surface area contributed by atoms with E-state index in [1.165, 1.54) is 17.0 Å². The Balaban J connectivity index is 1.99. The molecule has 2 amide bonds. The third-order valence-electron chi connectivity index (χ3n) is 5.45. The van der Waals surface area contributed by atoms with Crippen LogP contribution in [0.5, 0.6) is 0 Å². The van der Waals surface area contributed by atoms with Crippen molar-refractivity contribution in [1.29, 1.82) is 0 Å². The van der Waals surface area contributed by atoms with Gasteiger partial charge in [-0.25, -0.2) is 4.39 Å². The van der Waals surface area contributed by atoms with Gasteiger partial charge in [-0.05, 0) is 42.4 Å². The van der Waals surface area contributed by atoms with Crippen LogP contribution in [0.4, 0.5) is 4.39 Å². The molecular weight excluding hydrogens is 343 g/mol. The minimum Gasteiger partial charge on any atom is -0.366 e. The molecule has 3 rings (SSSR count). The van der Waals surface area contributed by atoms with Crippen molar-refractivity contribution in [2.45, 2.75) is 46.5 Å². The second-order valence-corrected chi connectivity index (χ2v) is 8.05. The second kappa shape index (κ2) is 8.24. The maximum Gasteiger partial charge on any atom is 0.277 e. The van der Waals surface area contributed by atoms with E-state index in [0.29, 0.717) is 35.2 Å². The molecule has 27 heavy (non-hydrogen) atoms. The molecule has 0 aliphatic carbocycles. The number of carbonyl (C=O) groups is 2. The second-order valence-electron chi connectivity index (χ2n) is 8.05. The number of imide groups is 1. The topological polar surface area (TPSA) is 40.6 Å². The Morgan fingerprint density at radius 2 is 1.63 bits per heavy atom. The summed E-state index contributed by atoms with van der Waals surface area (Å²) in [6.07, 6.45) is 3.95. The van der Waals surface area contributed by atoms with Gasteiger partial charge in [0.1, 0.15) is 11.5 Å². The zero-order valence-corrected chi connectivity index (χ0v) is 16.5. The first kappa shape index (κ1) is 19.6. The van der Waals surface area contributed by atoms with E-state index in [4.69, 9.17) is 0 Å². The number of benzene rings is 1. The van der Waals surface area contributed by atoms with Crippen molar-refractivity contribution in [1.82, 2.24) is 9.80 Å². The standard InChI is InChI=1S/C22H29FN2O2/c1-4-5-6-11-25-21(26)19(17-7-9-18(23)10-8-17)20(22(25)27)24-13-15(2)12-16(3)14-24/h7-10,15-16H,4-6,11-14H2,1-3H3. The van der Waals surface area contributed by atoms with Gasteiger partial charge in [-0.3, -0.25) is 14.5 Å². The highest BCUT2D eigenvalue weighted by Gasteiger charge is 2.42. The van der Waals surface area contributed by atoms with Gasteiger partial charge in [-0.1, -0.05) is 45.7 Å². The molecule has 1 saturated heterocycles. The van der Waals surface area contributed by atoms with E-state index in [2.05, 4.69) is 25.7 Å². The Bertz CT molecular complexity index is 731. The van der Waals surface area contributed by atoms with Gasteiger partial charge >= 0.3 is 0 Å². The van der Waals surface area contributed by atoms with Gasteiger partial charge in [0.25, 0.3) is 11.8 Å². The van der Waals surface area contributed by atoms with Crippen LogP contribution in [0.15, 0.2) is 30.0 Å². The monoisotopic (exact) mass is 372 g/mol. The summed E-state index contributed by atoms with van der Waals surface area (Å²) < 4.78 is 13.4. The molecule has 0 bridgehead atoms. The molecule has 0 saturated carbocycles. The largest absolute Gasteiger partial charge is 0.366 e. The van der Waals surface area contributed by atoms with Gasteiger partial charge in [0.05, 0.1) is 5.57 Å². The molecule has 0 aromatic heterocycles. The lowest BCUT2D eigenvalue weighted by molar-refractivity contribution is -0.137. The number of amides is 2. The Kier molecular flexibility index (Phi) is 5.98. The molecule has 146 valence electrons. The predicted octanol–water partition coefficient (Wildman–Crippen LogP) is 4.07. The molecule has 0 radical (unpaired) electrons. The molecule has 2 atom stereocenters. The van der Waals surface area contributed by atoms with Gasteiger partial charge in [0.2, 0.25) is 0 Å². The number of nitrogens with zero attached hydrogens (tertiary/aromatic N) is 2. The molecule has 2 heterocycles. The van der Waals surface area contributed by atoms with E-state index in [1.54, 1.807) is 12.1 Å². The predicted molar refractivity (Wildman–Crippen MR) is 104 cm³/mol. The molecule has 2 aliphatic rings. The summed E-state index contributed by atoms with van der Waals surface area (Å²) >= 11 is 0. The van der Waals surface area contributed by atoms with Crippen molar-refractivity contribution >= 4 is 17.4 Å². The van der Waals surface area contributed by atoms with Crippen molar-refractivity contribution in [3.63, 3.8) is 0 Å². The van der Waals surface area contributed by atoms with Crippen LogP contribution in [-0.4, -0.2) is 41.2 Å². The number of piperidine rings is 1. The summed E-state index contributed by atoms with van der Waals surface area (Å²) in [5.41, 5.74) is 1.55. The van der Waals surface area contributed by atoms with Crippen LogP contribution in [0.3, 0.4) is 0 Å². The maximum absolute atomic E-state index is 13.4. The third-order valence-corrected chi connectivity index (χ3v) is 5.45. The minimum absolute atomic E-state index is 0.197. The van der Waals surface area contributed by atoms with Gasteiger partial charge in [-0.2, -0.15) is 0 Å². The number of hydrogen-bond acceptors (Lipinski definition) is 3. The first-order chi connectivity index (χ1) is 12.9. The molecule has 2 unspecified atom stereocenters. The summed E-state index contributed by atoms with van der Waals surface area (Å²) in [5, 5.41) is 0. The van der Waals surface area contributed by atoms with E-state index in [9.17, 15) is 14.0 Å². The number of halogens is 1. The lowest BCUT2D eigenvalue weighted by atomic mass is 9.91. The van der Waals surface area contributed by atoms with Crippen LogP contribution >= 0.6 is 0 Å². The van der Waals surface area contributed by atoms with Crippen molar-refractivity contribution in [2.75, 3.05) is 19.6 Å². The average molecular weight is 372 g/mol. The van der Waals surface area contributed by atoms with E-state index in [-0.39, 0.29) is 17.6 Å². The number of hydrogen-bond donors (Lipinski definition) is 0. The summed E-state index contributed by atoms with van der Waals surface area (Å²) in [7, 11) is 0. The van der Waals surface area contributed by atoms with Crippen molar-refractivity contribution < 1.29 is 14.0 Å². The first-order valence-corrected chi connectivity index (χ1v) is 10.0. The van der Waals surface area contributed by atoms with E-state index >= 15 is 0 Å². The van der Waals surface area contributed by atoms with Crippen molar-refractivity contribution in [3.8, 4) is 0 Å². The fraction of sp³-hybridized carbons (Fsp3) is 0.545. The molecule has 1 aromatic carbocycles. The van der Waals surface area contributed by atoms with Crippen molar-refractivity contribution in [2.24, 2.45) is 11.8 Å². The maximum atomic E-state index is 13.4. The molecule has 2 aliphatic heterocycles. The zero-order chi connectivity index (χ0) is 19.6. The number of carbonyl (C=O) groups excluding carboxylic acids is 2. The van der Waals surface area contributed by atoms with E-state index in [0.717, 1.165) is 38.8 Å². The summed E-state index contributed by atoms with van der Waals surface area (Å²) in [6.45, 7) is 8.44. The molecule has 0 spiro atoms. The quantitative estimate of drug-likeness (QED) is 0.558. The average Bonchev–Trinajstić information content (AvgIpc) is 2.86. The van der Waals surface area contributed by atoms with Crippen LogP contribution < -0.4 is 0 Å². The van der Waals surface area contributed by atoms with E-state index in [1.807, 2.05) is 0 Å². The van der Waals surface area contributed by atoms with Gasteiger partial charge in [0.15, 0.2) is 0 Å². The lowest BCUT2D eigenvalue weighted by Crippen LogP contribution is -2.42. The fourth-order valence-electron chi connectivity index (χ4n) is 4.30. The van der Waals surface area contributed by atoms with Crippen LogP contribution in [0.25, 0.3) is 5.57 Å². The highest BCUT2D eigenvalue weighted by atomic mass is 19.1. The Morgan fingerprint density at radius 1 is 1.00 bits per heavy atom.